The van der Waals surface area contributed by atoms with Crippen LogP contribution in [0.1, 0.15) is 11.1 Å². The minimum Gasteiger partial charge on any atom is -0.359 e. The van der Waals surface area contributed by atoms with Gasteiger partial charge in [0.15, 0.2) is 5.11 Å². The molecule has 0 bridgehead atoms. The summed E-state index contributed by atoms with van der Waals surface area (Å²) >= 11 is 6.74. The van der Waals surface area contributed by atoms with Crippen LogP contribution in [0.4, 0.5) is 5.95 Å². The first-order valence-electron chi connectivity index (χ1n) is 7.16. The molecule has 3 aromatic rings. The lowest BCUT2D eigenvalue weighted by Crippen LogP contribution is -2.28. The average molecular weight is 343 g/mol. The molecule has 5 nitrogen and oxygen atoms in total. The molecule has 2 aromatic heterocycles. The van der Waals surface area contributed by atoms with E-state index in [9.17, 15) is 0 Å². The van der Waals surface area contributed by atoms with Crippen molar-refractivity contribution in [1.82, 2.24) is 19.9 Å². The van der Waals surface area contributed by atoms with E-state index in [0.717, 1.165) is 16.2 Å². The van der Waals surface area contributed by atoms with Crippen LogP contribution < -0.4 is 10.6 Å². The maximum atomic E-state index is 5.19. The lowest BCUT2D eigenvalue weighted by Gasteiger charge is -2.06. The van der Waals surface area contributed by atoms with E-state index >= 15 is 0 Å². The van der Waals surface area contributed by atoms with Gasteiger partial charge in [-0.1, -0.05) is 29.8 Å². The third-order valence-corrected chi connectivity index (χ3v) is 4.43. The molecular weight excluding hydrogens is 326 g/mol. The molecule has 0 atom stereocenters. The molecule has 2 heterocycles. The van der Waals surface area contributed by atoms with Crippen LogP contribution in [-0.2, 0) is 0 Å². The Balaban J connectivity index is 1.91. The molecular formula is C16H17N5S2. The molecule has 2 N–H and O–H groups in total. The highest BCUT2D eigenvalue weighted by Crippen LogP contribution is 2.28. The van der Waals surface area contributed by atoms with Crippen LogP contribution in [-0.4, -0.2) is 26.3 Å². The maximum Gasteiger partial charge on any atom is 0.250 e. The number of hydrogen-bond acceptors (Lipinski definition) is 4. The fourth-order valence-corrected chi connectivity index (χ4v) is 3.33. The zero-order valence-electron chi connectivity index (χ0n) is 13.0. The molecule has 0 fully saturated rings. The van der Waals surface area contributed by atoms with Crippen LogP contribution in [0.15, 0.2) is 36.2 Å². The van der Waals surface area contributed by atoms with Crippen LogP contribution in [0.2, 0.25) is 0 Å². The van der Waals surface area contributed by atoms with Crippen molar-refractivity contribution in [3.8, 4) is 11.3 Å². The number of aryl methyl sites for hydroxylation is 2. The Morgan fingerprint density at radius 3 is 3.00 bits per heavy atom. The molecule has 118 valence electrons. The monoisotopic (exact) mass is 343 g/mol. The lowest BCUT2D eigenvalue weighted by molar-refractivity contribution is 0.984. The highest BCUT2D eigenvalue weighted by Gasteiger charge is 2.13. The number of thiazole rings is 1. The highest BCUT2D eigenvalue weighted by molar-refractivity contribution is 7.80. The lowest BCUT2D eigenvalue weighted by atomic mass is 10.0. The quantitative estimate of drug-likeness (QED) is 0.560. The minimum atomic E-state index is 0.483. The largest absolute Gasteiger partial charge is 0.359 e. The first kappa shape index (κ1) is 15.6. The van der Waals surface area contributed by atoms with Crippen molar-refractivity contribution < 1.29 is 0 Å². The number of benzene rings is 1. The number of aromatic nitrogens is 3. The molecule has 23 heavy (non-hydrogen) atoms. The smallest absolute Gasteiger partial charge is 0.250 e. The summed E-state index contributed by atoms with van der Waals surface area (Å²) < 4.78 is 1.85. The van der Waals surface area contributed by atoms with Gasteiger partial charge in [-0.25, -0.2) is 4.52 Å². The van der Waals surface area contributed by atoms with Gasteiger partial charge in [0.2, 0.25) is 10.9 Å². The number of thiocarbonyl (C=S) groups is 1. The van der Waals surface area contributed by atoms with Gasteiger partial charge in [-0.2, -0.15) is 4.98 Å². The van der Waals surface area contributed by atoms with E-state index in [4.69, 9.17) is 12.2 Å². The van der Waals surface area contributed by atoms with Gasteiger partial charge in [0.1, 0.15) is 0 Å². The zero-order valence-corrected chi connectivity index (χ0v) is 14.6. The van der Waals surface area contributed by atoms with Gasteiger partial charge in [-0.3, -0.25) is 5.32 Å². The summed E-state index contributed by atoms with van der Waals surface area (Å²) in [5.41, 5.74) is 4.66. The molecule has 0 spiro atoms. The predicted octanol–water partition coefficient (Wildman–Crippen LogP) is 3.55. The molecule has 1 aromatic carbocycles. The van der Waals surface area contributed by atoms with Crippen molar-refractivity contribution in [2.45, 2.75) is 13.8 Å². The van der Waals surface area contributed by atoms with Crippen LogP contribution in [0, 0.1) is 13.8 Å². The van der Waals surface area contributed by atoms with Gasteiger partial charge >= 0.3 is 0 Å². The number of rotatable bonds is 4. The molecule has 0 aliphatic rings. The second-order valence-corrected chi connectivity index (χ2v) is 6.44. The van der Waals surface area contributed by atoms with Crippen molar-refractivity contribution in [3.05, 3.63) is 47.4 Å². The summed E-state index contributed by atoms with van der Waals surface area (Å²) in [6.45, 7) is 8.44. The summed E-state index contributed by atoms with van der Waals surface area (Å²) in [6.07, 6.45) is 1.74. The van der Waals surface area contributed by atoms with Crippen molar-refractivity contribution >= 4 is 39.6 Å². The Kier molecular flexibility index (Phi) is 4.40. The fraction of sp³-hybridized carbons (Fsp3) is 0.188. The molecule has 7 heteroatoms. The standard InChI is InChI=1S/C16H17N5S2/c1-4-7-17-15(22)18-14-19-16-21(20-14)13(9-23-16)12-6-5-10(2)8-11(12)3/h4-6,8-9H,1,7H2,2-3H3,(H2,17,18,20,22). The Morgan fingerprint density at radius 1 is 1.43 bits per heavy atom. The van der Waals surface area contributed by atoms with Crippen molar-refractivity contribution in [3.63, 3.8) is 0 Å². The van der Waals surface area contributed by atoms with E-state index in [1.807, 2.05) is 4.52 Å². The molecule has 3 rings (SSSR count). The topological polar surface area (TPSA) is 54.2 Å². The zero-order chi connectivity index (χ0) is 16.4. The number of fused-ring (bicyclic) bond motifs is 1. The molecule has 0 aliphatic heterocycles. The summed E-state index contributed by atoms with van der Waals surface area (Å²) in [5, 5.41) is 13.1. The maximum absolute atomic E-state index is 5.19. The van der Waals surface area contributed by atoms with E-state index in [2.05, 4.69) is 64.7 Å². The van der Waals surface area contributed by atoms with E-state index in [1.54, 1.807) is 17.4 Å². The molecule has 0 amide bonds. The number of nitrogens with zero attached hydrogens (tertiary/aromatic N) is 3. The molecule has 0 saturated heterocycles. The van der Waals surface area contributed by atoms with Gasteiger partial charge < -0.3 is 5.32 Å². The number of hydrogen-bond donors (Lipinski definition) is 2. The predicted molar refractivity (Wildman–Crippen MR) is 100 cm³/mol. The summed E-state index contributed by atoms with van der Waals surface area (Å²) in [6, 6.07) is 6.40. The van der Waals surface area contributed by atoms with Gasteiger partial charge in [-0.15, -0.1) is 23.0 Å². The average Bonchev–Trinajstić information content (AvgIpc) is 3.05. The minimum absolute atomic E-state index is 0.483. The summed E-state index contributed by atoms with van der Waals surface area (Å²) in [7, 11) is 0. The molecule has 0 saturated carbocycles. The highest BCUT2D eigenvalue weighted by atomic mass is 32.1. The van der Waals surface area contributed by atoms with E-state index in [0.29, 0.717) is 17.6 Å². The molecule has 0 aliphatic carbocycles. The second-order valence-electron chi connectivity index (χ2n) is 5.19. The van der Waals surface area contributed by atoms with Gasteiger partial charge in [0.05, 0.1) is 5.69 Å². The van der Waals surface area contributed by atoms with Crippen LogP contribution in [0.25, 0.3) is 16.2 Å². The Labute approximate surface area is 144 Å². The molecule has 0 unspecified atom stereocenters. The van der Waals surface area contributed by atoms with Crippen LogP contribution >= 0.6 is 23.6 Å². The van der Waals surface area contributed by atoms with E-state index < -0.39 is 0 Å². The van der Waals surface area contributed by atoms with E-state index in [1.165, 1.54) is 11.1 Å². The Hall–Kier alpha value is -2.25. The van der Waals surface area contributed by atoms with Crippen molar-refractivity contribution in [2.75, 3.05) is 11.9 Å². The first-order chi connectivity index (χ1) is 11.1. The van der Waals surface area contributed by atoms with Gasteiger partial charge in [-0.05, 0) is 31.6 Å². The second kappa shape index (κ2) is 6.47. The fourth-order valence-electron chi connectivity index (χ4n) is 2.33. The normalized spacial score (nSPS) is 10.7. The SMILES string of the molecule is C=CCNC(=S)Nc1nc2scc(-c3ccc(C)cc3C)n2n1. The third-order valence-electron chi connectivity index (χ3n) is 3.37. The van der Waals surface area contributed by atoms with E-state index in [-0.39, 0.29) is 0 Å². The van der Waals surface area contributed by atoms with Gasteiger partial charge in [0, 0.05) is 17.5 Å². The van der Waals surface area contributed by atoms with Crippen LogP contribution in [0.5, 0.6) is 0 Å². The van der Waals surface area contributed by atoms with Gasteiger partial charge in [0.25, 0.3) is 0 Å². The van der Waals surface area contributed by atoms with Crippen molar-refractivity contribution in [1.29, 1.82) is 0 Å². The Morgan fingerprint density at radius 2 is 2.26 bits per heavy atom. The Bertz CT molecular complexity index is 878. The number of nitrogens with one attached hydrogen (secondary N) is 2. The first-order valence-corrected chi connectivity index (χ1v) is 8.45. The summed E-state index contributed by atoms with van der Waals surface area (Å²) in [5.74, 6) is 0.490. The summed E-state index contributed by atoms with van der Waals surface area (Å²) in [4.78, 5) is 5.29. The third kappa shape index (κ3) is 3.25. The molecule has 0 radical (unpaired) electrons. The van der Waals surface area contributed by atoms with Crippen molar-refractivity contribution in [2.24, 2.45) is 0 Å². The number of anilines is 1. The van der Waals surface area contributed by atoms with Crippen LogP contribution in [0.3, 0.4) is 0 Å².